The molecular weight excluding hydrogens is 270 g/mol. The molecule has 20 heavy (non-hydrogen) atoms. The van der Waals surface area contributed by atoms with Crippen molar-refractivity contribution < 1.29 is 0 Å². The van der Waals surface area contributed by atoms with Crippen LogP contribution in [0.3, 0.4) is 0 Å². The van der Waals surface area contributed by atoms with Gasteiger partial charge in [0.05, 0.1) is 5.69 Å². The van der Waals surface area contributed by atoms with Crippen molar-refractivity contribution in [1.29, 1.82) is 0 Å². The molecule has 0 radical (unpaired) electrons. The quantitative estimate of drug-likeness (QED) is 0.917. The van der Waals surface area contributed by atoms with Gasteiger partial charge in [0.1, 0.15) is 5.15 Å². The van der Waals surface area contributed by atoms with Crippen LogP contribution >= 0.6 is 11.6 Å². The molecule has 1 aromatic heterocycles. The summed E-state index contributed by atoms with van der Waals surface area (Å²) in [6.07, 6.45) is 1.89. The Bertz CT molecular complexity index is 589. The van der Waals surface area contributed by atoms with Gasteiger partial charge in [-0.3, -0.25) is 4.68 Å². The molecule has 108 valence electrons. The summed E-state index contributed by atoms with van der Waals surface area (Å²) >= 11 is 6.32. The van der Waals surface area contributed by atoms with E-state index in [1.807, 2.05) is 21.0 Å². The van der Waals surface area contributed by atoms with Crippen LogP contribution in [0.1, 0.15) is 22.4 Å². The zero-order valence-corrected chi connectivity index (χ0v) is 13.3. The third-order valence-electron chi connectivity index (χ3n) is 3.86. The van der Waals surface area contributed by atoms with E-state index in [0.29, 0.717) is 6.04 Å². The predicted molar refractivity (Wildman–Crippen MR) is 84.4 cm³/mol. The average molecular weight is 292 g/mol. The van der Waals surface area contributed by atoms with E-state index in [0.717, 1.165) is 29.3 Å². The summed E-state index contributed by atoms with van der Waals surface area (Å²) in [5, 5.41) is 8.52. The van der Waals surface area contributed by atoms with Crippen molar-refractivity contribution in [3.8, 4) is 0 Å². The first-order chi connectivity index (χ1) is 9.52. The van der Waals surface area contributed by atoms with Crippen LogP contribution in [0.25, 0.3) is 0 Å². The third kappa shape index (κ3) is 3.22. The van der Waals surface area contributed by atoms with E-state index in [1.165, 1.54) is 11.1 Å². The Balaban J connectivity index is 2.15. The highest BCUT2D eigenvalue weighted by molar-refractivity contribution is 6.30. The summed E-state index contributed by atoms with van der Waals surface area (Å²) in [7, 11) is 3.89. The summed E-state index contributed by atoms with van der Waals surface area (Å²) in [5.41, 5.74) is 4.87. The van der Waals surface area contributed by atoms with Gasteiger partial charge in [0, 0.05) is 18.7 Å². The first-order valence-corrected chi connectivity index (χ1v) is 7.30. The van der Waals surface area contributed by atoms with E-state index in [-0.39, 0.29) is 0 Å². The fraction of sp³-hybridized carbons (Fsp3) is 0.438. The van der Waals surface area contributed by atoms with E-state index >= 15 is 0 Å². The minimum absolute atomic E-state index is 0.358. The van der Waals surface area contributed by atoms with Crippen LogP contribution in [-0.2, 0) is 19.9 Å². The van der Waals surface area contributed by atoms with Crippen molar-refractivity contribution in [2.75, 3.05) is 7.05 Å². The number of aromatic nitrogens is 2. The number of hydrogen-bond donors (Lipinski definition) is 1. The number of halogens is 1. The smallest absolute Gasteiger partial charge is 0.130 e. The first-order valence-electron chi connectivity index (χ1n) is 6.92. The lowest BCUT2D eigenvalue weighted by atomic mass is 9.97. The number of hydrogen-bond acceptors (Lipinski definition) is 2. The molecule has 1 aromatic carbocycles. The van der Waals surface area contributed by atoms with Gasteiger partial charge in [0.2, 0.25) is 0 Å². The van der Waals surface area contributed by atoms with E-state index in [2.05, 4.69) is 41.6 Å². The van der Waals surface area contributed by atoms with Crippen molar-refractivity contribution in [2.24, 2.45) is 7.05 Å². The van der Waals surface area contributed by atoms with Crippen LogP contribution in [0.4, 0.5) is 0 Å². The van der Waals surface area contributed by atoms with Gasteiger partial charge in [-0.15, -0.1) is 0 Å². The van der Waals surface area contributed by atoms with Crippen LogP contribution in [0.15, 0.2) is 24.3 Å². The number of likely N-dealkylation sites (N-methyl/N-ethyl adjacent to an activating group) is 1. The van der Waals surface area contributed by atoms with E-state index < -0.39 is 0 Å². The Morgan fingerprint density at radius 2 is 1.95 bits per heavy atom. The first kappa shape index (κ1) is 15.1. The fourth-order valence-electron chi connectivity index (χ4n) is 2.53. The van der Waals surface area contributed by atoms with E-state index in [4.69, 9.17) is 11.6 Å². The standard InChI is InChI=1S/C16H22ClN3/c1-11-7-5-6-8-13(11)9-14(18-3)10-15-12(2)19-20(4)16(15)17/h5-8,14,18H,9-10H2,1-4H3. The zero-order valence-electron chi connectivity index (χ0n) is 12.6. The monoisotopic (exact) mass is 291 g/mol. The van der Waals surface area contributed by atoms with E-state index in [1.54, 1.807) is 4.68 Å². The normalized spacial score (nSPS) is 12.7. The van der Waals surface area contributed by atoms with Crippen LogP contribution in [-0.4, -0.2) is 22.9 Å². The minimum Gasteiger partial charge on any atom is -0.316 e. The maximum atomic E-state index is 6.32. The Morgan fingerprint density at radius 1 is 1.25 bits per heavy atom. The van der Waals surface area contributed by atoms with Crippen molar-refractivity contribution in [1.82, 2.24) is 15.1 Å². The second kappa shape index (κ2) is 6.42. The van der Waals surface area contributed by atoms with Gasteiger partial charge < -0.3 is 5.32 Å². The van der Waals surface area contributed by atoms with Gasteiger partial charge in [-0.2, -0.15) is 5.10 Å². The summed E-state index contributed by atoms with van der Waals surface area (Å²) in [6, 6.07) is 8.88. The summed E-state index contributed by atoms with van der Waals surface area (Å²) in [4.78, 5) is 0. The molecule has 0 aliphatic heterocycles. The summed E-state index contributed by atoms with van der Waals surface area (Å²) in [6.45, 7) is 4.17. The molecule has 0 aliphatic rings. The Labute approximate surface area is 126 Å². The van der Waals surface area contributed by atoms with Crippen LogP contribution in [0, 0.1) is 13.8 Å². The molecule has 0 fully saturated rings. The highest BCUT2D eigenvalue weighted by atomic mass is 35.5. The number of aryl methyl sites for hydroxylation is 3. The molecule has 0 aliphatic carbocycles. The van der Waals surface area contributed by atoms with Gasteiger partial charge in [-0.25, -0.2) is 0 Å². The Hall–Kier alpha value is -1.32. The summed E-state index contributed by atoms with van der Waals surface area (Å²) < 4.78 is 1.74. The third-order valence-corrected chi connectivity index (χ3v) is 4.33. The van der Waals surface area contributed by atoms with Crippen LogP contribution < -0.4 is 5.32 Å². The predicted octanol–water partition coefficient (Wildman–Crippen LogP) is 3.06. The molecule has 0 amide bonds. The largest absolute Gasteiger partial charge is 0.316 e. The van der Waals surface area contributed by atoms with Crippen molar-refractivity contribution in [2.45, 2.75) is 32.7 Å². The second-order valence-corrected chi connectivity index (χ2v) is 5.66. The number of rotatable bonds is 5. The Kier molecular flexibility index (Phi) is 4.84. The van der Waals surface area contributed by atoms with Gasteiger partial charge >= 0.3 is 0 Å². The van der Waals surface area contributed by atoms with Crippen molar-refractivity contribution >= 4 is 11.6 Å². The molecular formula is C16H22ClN3. The lowest BCUT2D eigenvalue weighted by molar-refractivity contribution is 0.554. The molecule has 2 rings (SSSR count). The maximum Gasteiger partial charge on any atom is 0.130 e. The molecule has 1 N–H and O–H groups in total. The number of nitrogens with one attached hydrogen (secondary N) is 1. The van der Waals surface area contributed by atoms with Crippen LogP contribution in [0.5, 0.6) is 0 Å². The molecule has 0 saturated heterocycles. The lowest BCUT2D eigenvalue weighted by Crippen LogP contribution is -2.30. The molecule has 0 saturated carbocycles. The fourth-order valence-corrected chi connectivity index (χ4v) is 2.78. The average Bonchev–Trinajstić information content (AvgIpc) is 2.66. The molecule has 0 spiro atoms. The molecule has 2 aromatic rings. The van der Waals surface area contributed by atoms with Crippen LogP contribution in [0.2, 0.25) is 5.15 Å². The second-order valence-electron chi connectivity index (χ2n) is 5.30. The number of benzene rings is 1. The molecule has 1 heterocycles. The minimum atomic E-state index is 0.358. The Morgan fingerprint density at radius 3 is 2.50 bits per heavy atom. The van der Waals surface area contributed by atoms with Crippen molar-refractivity contribution in [3.63, 3.8) is 0 Å². The van der Waals surface area contributed by atoms with Gasteiger partial charge in [0.25, 0.3) is 0 Å². The van der Waals surface area contributed by atoms with Crippen molar-refractivity contribution in [3.05, 3.63) is 51.8 Å². The van der Waals surface area contributed by atoms with Gasteiger partial charge in [-0.05, 0) is 44.9 Å². The molecule has 4 heteroatoms. The zero-order chi connectivity index (χ0) is 14.7. The maximum absolute atomic E-state index is 6.32. The highest BCUT2D eigenvalue weighted by Crippen LogP contribution is 2.21. The topological polar surface area (TPSA) is 29.9 Å². The lowest BCUT2D eigenvalue weighted by Gasteiger charge is -2.17. The van der Waals surface area contributed by atoms with Gasteiger partial charge in [0.15, 0.2) is 0 Å². The molecule has 3 nitrogen and oxygen atoms in total. The molecule has 1 atom stereocenters. The SMILES string of the molecule is CNC(Cc1ccccc1C)Cc1c(C)nn(C)c1Cl. The molecule has 0 bridgehead atoms. The van der Waals surface area contributed by atoms with Gasteiger partial charge in [-0.1, -0.05) is 35.9 Å². The number of nitrogens with zero attached hydrogens (tertiary/aromatic N) is 2. The summed E-state index contributed by atoms with van der Waals surface area (Å²) in [5.74, 6) is 0. The molecule has 1 unspecified atom stereocenters. The van der Waals surface area contributed by atoms with E-state index in [9.17, 15) is 0 Å². The highest BCUT2D eigenvalue weighted by Gasteiger charge is 2.17.